The molecule has 0 bridgehead atoms. The highest BCUT2D eigenvalue weighted by Gasteiger charge is 2.23. The summed E-state index contributed by atoms with van der Waals surface area (Å²) in [6, 6.07) is 6.06. The Hall–Kier alpha value is -1.18. The van der Waals surface area contributed by atoms with Crippen molar-refractivity contribution in [3.05, 3.63) is 34.6 Å². The molecule has 0 saturated heterocycles. The Morgan fingerprint density at radius 3 is 2.74 bits per heavy atom. The lowest BCUT2D eigenvalue weighted by Crippen LogP contribution is -2.25. The molecule has 0 atom stereocenters. The second kappa shape index (κ2) is 9.85. The van der Waals surface area contributed by atoms with Crippen molar-refractivity contribution in [1.82, 2.24) is 20.1 Å². The van der Waals surface area contributed by atoms with Crippen molar-refractivity contribution in [2.75, 3.05) is 19.1 Å². The van der Waals surface area contributed by atoms with E-state index in [9.17, 15) is 4.79 Å². The van der Waals surface area contributed by atoms with E-state index >= 15 is 0 Å². The van der Waals surface area contributed by atoms with Crippen LogP contribution in [0, 0.1) is 0 Å². The summed E-state index contributed by atoms with van der Waals surface area (Å²) in [5.74, 6) is 0.904. The highest BCUT2D eigenvalue weighted by Crippen LogP contribution is 2.33. The highest BCUT2D eigenvalue weighted by atomic mass is 35.5. The molecule has 1 aromatic carbocycles. The van der Waals surface area contributed by atoms with Gasteiger partial charge in [0, 0.05) is 23.9 Å². The van der Waals surface area contributed by atoms with Gasteiger partial charge < -0.3 is 9.88 Å². The van der Waals surface area contributed by atoms with E-state index in [2.05, 4.69) is 20.1 Å². The molecule has 1 N–H and O–H groups in total. The fourth-order valence-electron chi connectivity index (χ4n) is 3.50. The van der Waals surface area contributed by atoms with Gasteiger partial charge in [0.2, 0.25) is 0 Å². The van der Waals surface area contributed by atoms with Gasteiger partial charge in [0.1, 0.15) is 5.82 Å². The van der Waals surface area contributed by atoms with Gasteiger partial charge in [-0.25, -0.2) is 0 Å². The zero-order chi connectivity index (χ0) is 19.2. The van der Waals surface area contributed by atoms with Crippen molar-refractivity contribution in [3.8, 4) is 0 Å². The minimum absolute atomic E-state index is 0.127. The normalized spacial score (nSPS) is 14.6. The van der Waals surface area contributed by atoms with E-state index in [1.54, 1.807) is 29.6 Å². The molecule has 2 aromatic rings. The van der Waals surface area contributed by atoms with Gasteiger partial charge >= 0.3 is 0 Å². The number of benzene rings is 1. The van der Waals surface area contributed by atoms with Gasteiger partial charge in [-0.3, -0.25) is 4.79 Å². The predicted molar refractivity (Wildman–Crippen MR) is 113 cm³/mol. The maximum atomic E-state index is 12.4. The lowest BCUT2D eigenvalue weighted by Gasteiger charge is -2.16. The first-order chi connectivity index (χ1) is 13.1. The van der Waals surface area contributed by atoms with Crippen LogP contribution in [0.15, 0.2) is 28.3 Å². The number of nitrogens with one attached hydrogen (secondary N) is 1. The van der Waals surface area contributed by atoms with E-state index in [0.717, 1.165) is 28.7 Å². The molecule has 0 unspecified atom stereocenters. The van der Waals surface area contributed by atoms with Crippen LogP contribution < -0.4 is 5.32 Å². The van der Waals surface area contributed by atoms with Crippen molar-refractivity contribution in [2.24, 2.45) is 0 Å². The van der Waals surface area contributed by atoms with Crippen LogP contribution >= 0.6 is 35.1 Å². The summed E-state index contributed by atoms with van der Waals surface area (Å²) < 4.78 is 2.32. The first-order valence-electron chi connectivity index (χ1n) is 9.23. The van der Waals surface area contributed by atoms with Crippen LogP contribution in [0.5, 0.6) is 0 Å². The first kappa shape index (κ1) is 20.6. The molecule has 1 amide bonds. The Morgan fingerprint density at radius 2 is 2.04 bits per heavy atom. The minimum Gasteiger partial charge on any atom is -0.352 e. The predicted octanol–water partition coefficient (Wildman–Crippen LogP) is 4.85. The summed E-state index contributed by atoms with van der Waals surface area (Å²) in [7, 11) is 0. The second-order valence-electron chi connectivity index (χ2n) is 6.62. The first-order valence-corrected chi connectivity index (χ1v) is 12.1. The molecule has 1 aliphatic carbocycles. The molecule has 1 aliphatic rings. The molecule has 1 saturated carbocycles. The van der Waals surface area contributed by atoms with E-state index in [0.29, 0.717) is 23.2 Å². The largest absolute Gasteiger partial charge is 0.352 e. The maximum absolute atomic E-state index is 12.4. The van der Waals surface area contributed by atoms with Crippen LogP contribution in [-0.2, 0) is 6.42 Å². The average Bonchev–Trinajstić information content (AvgIpc) is 3.34. The summed E-state index contributed by atoms with van der Waals surface area (Å²) in [6.07, 6.45) is 10.6. The molecule has 3 rings (SSSR count). The summed E-state index contributed by atoms with van der Waals surface area (Å²) in [5, 5.41) is 13.2. The maximum Gasteiger partial charge on any atom is 0.252 e. The third-order valence-electron chi connectivity index (χ3n) is 4.89. The van der Waals surface area contributed by atoms with Gasteiger partial charge in [-0.2, -0.15) is 0 Å². The molecule has 0 radical (unpaired) electrons. The lowest BCUT2D eigenvalue weighted by atomic mass is 10.2. The Kier molecular flexibility index (Phi) is 7.49. The van der Waals surface area contributed by atoms with Gasteiger partial charge in [0.25, 0.3) is 5.91 Å². The number of thioether (sulfide) groups is 2. The topological polar surface area (TPSA) is 59.8 Å². The Bertz CT molecular complexity index is 790. The summed E-state index contributed by atoms with van der Waals surface area (Å²) in [6.45, 7) is 0.588. The Morgan fingerprint density at radius 1 is 1.26 bits per heavy atom. The van der Waals surface area contributed by atoms with Crippen molar-refractivity contribution >= 4 is 41.0 Å². The molecule has 8 heteroatoms. The van der Waals surface area contributed by atoms with E-state index in [1.807, 2.05) is 24.6 Å². The summed E-state index contributed by atoms with van der Waals surface area (Å²) in [4.78, 5) is 13.5. The molecular formula is C19H25ClN4OS2. The number of hydrogen-bond acceptors (Lipinski definition) is 5. The zero-order valence-corrected chi connectivity index (χ0v) is 18.1. The van der Waals surface area contributed by atoms with Crippen molar-refractivity contribution in [2.45, 2.75) is 54.6 Å². The molecule has 146 valence electrons. The number of carbonyl (C=O) groups is 1. The highest BCUT2D eigenvalue weighted by molar-refractivity contribution is 7.98. The van der Waals surface area contributed by atoms with Crippen LogP contribution in [0.2, 0.25) is 5.02 Å². The molecular weight excluding hydrogens is 400 g/mol. The summed E-state index contributed by atoms with van der Waals surface area (Å²) in [5.41, 5.74) is 0.530. The van der Waals surface area contributed by atoms with E-state index in [4.69, 9.17) is 11.6 Å². The van der Waals surface area contributed by atoms with Crippen molar-refractivity contribution in [3.63, 3.8) is 0 Å². The monoisotopic (exact) mass is 424 g/mol. The Labute approximate surface area is 174 Å². The van der Waals surface area contributed by atoms with Gasteiger partial charge in [-0.15, -0.1) is 22.0 Å². The second-order valence-corrected chi connectivity index (χ2v) is 8.68. The van der Waals surface area contributed by atoms with Crippen molar-refractivity contribution < 1.29 is 4.79 Å². The number of aromatic nitrogens is 3. The van der Waals surface area contributed by atoms with Gasteiger partial charge in [-0.05, 0) is 50.0 Å². The summed E-state index contributed by atoms with van der Waals surface area (Å²) >= 11 is 9.42. The van der Waals surface area contributed by atoms with Crippen molar-refractivity contribution in [1.29, 1.82) is 0 Å². The molecule has 5 nitrogen and oxygen atoms in total. The average molecular weight is 425 g/mol. The number of carbonyl (C=O) groups excluding carboxylic acids is 1. The van der Waals surface area contributed by atoms with Crippen LogP contribution in [-0.4, -0.2) is 39.7 Å². The number of rotatable bonds is 8. The zero-order valence-electron chi connectivity index (χ0n) is 15.7. The van der Waals surface area contributed by atoms with Gasteiger partial charge in [0.05, 0.1) is 10.6 Å². The van der Waals surface area contributed by atoms with Gasteiger partial charge in [0.15, 0.2) is 5.16 Å². The quantitative estimate of drug-likeness (QED) is 0.484. The van der Waals surface area contributed by atoms with E-state index in [1.165, 1.54) is 25.7 Å². The molecule has 0 spiro atoms. The molecule has 1 heterocycles. The Balaban J connectivity index is 1.56. The molecule has 1 fully saturated rings. The fourth-order valence-corrected chi connectivity index (χ4v) is 4.71. The smallest absolute Gasteiger partial charge is 0.252 e. The van der Waals surface area contributed by atoms with Gasteiger partial charge in [-0.1, -0.05) is 36.2 Å². The minimum atomic E-state index is -0.127. The third kappa shape index (κ3) is 5.00. The van der Waals surface area contributed by atoms with Crippen LogP contribution in [0.1, 0.15) is 54.3 Å². The number of aryl methyl sites for hydroxylation is 1. The van der Waals surface area contributed by atoms with Crippen LogP contribution in [0.3, 0.4) is 0 Å². The van der Waals surface area contributed by atoms with Crippen LogP contribution in [0.4, 0.5) is 0 Å². The number of hydrogen-bond donors (Lipinski definition) is 1. The molecule has 0 aliphatic heterocycles. The number of nitrogens with zero attached hydrogens (tertiary/aromatic N) is 3. The SMILES string of the molecule is CSc1ccc(Cl)c(C(=O)NCCCc2nnc(SC)n2C2CCCC2)c1. The fraction of sp³-hybridized carbons (Fsp3) is 0.526. The van der Waals surface area contributed by atoms with E-state index < -0.39 is 0 Å². The van der Waals surface area contributed by atoms with Crippen LogP contribution in [0.25, 0.3) is 0 Å². The lowest BCUT2D eigenvalue weighted by molar-refractivity contribution is 0.0953. The molecule has 1 aromatic heterocycles. The third-order valence-corrected chi connectivity index (χ3v) is 6.59. The molecule has 27 heavy (non-hydrogen) atoms. The number of halogens is 1. The van der Waals surface area contributed by atoms with E-state index in [-0.39, 0.29) is 5.91 Å². The standard InChI is InChI=1S/C19H25ClN4OS2/c1-26-14-9-10-16(20)15(12-14)18(25)21-11-5-8-17-22-23-19(27-2)24(17)13-6-3-4-7-13/h9-10,12-13H,3-8,11H2,1-2H3,(H,21,25). The number of amides is 1.